The first-order chi connectivity index (χ1) is 20.8. The zero-order valence-electron chi connectivity index (χ0n) is 23.9. The molecule has 0 radical (unpaired) electrons. The molecule has 0 spiro atoms. The Kier molecular flexibility index (Phi) is 8.54. The lowest BCUT2D eigenvalue weighted by atomic mass is 10.1. The van der Waals surface area contributed by atoms with Crippen LogP contribution in [0, 0.1) is 0 Å². The van der Waals surface area contributed by atoms with E-state index in [1.165, 1.54) is 28.5 Å². The molecule has 9 heteroatoms. The number of rotatable bonds is 14. The Hall–Kier alpha value is -4.92. The third-order valence-electron chi connectivity index (χ3n) is 7.46. The maximum Gasteiger partial charge on any atom is 0.182 e. The van der Waals surface area contributed by atoms with Crippen molar-refractivity contribution in [2.24, 2.45) is 0 Å². The number of aromatic amines is 1. The van der Waals surface area contributed by atoms with E-state index in [0.29, 0.717) is 12.3 Å². The molecule has 0 fully saturated rings. The number of imidazole rings is 1. The van der Waals surface area contributed by atoms with Crippen LogP contribution in [0.15, 0.2) is 85.5 Å². The van der Waals surface area contributed by atoms with Crippen molar-refractivity contribution in [3.05, 3.63) is 85.5 Å². The van der Waals surface area contributed by atoms with E-state index in [2.05, 4.69) is 103 Å². The molecule has 214 valence electrons. The number of nitrogens with zero attached hydrogens (tertiary/aromatic N) is 5. The first-order valence-electron chi connectivity index (χ1n) is 14.7. The van der Waals surface area contributed by atoms with Gasteiger partial charge in [0.2, 0.25) is 0 Å². The van der Waals surface area contributed by atoms with Crippen LogP contribution in [0.2, 0.25) is 0 Å². The number of benzene rings is 3. The molecular weight excluding hydrogens is 524 g/mol. The molecular formula is C33H36N8O. The van der Waals surface area contributed by atoms with E-state index in [1.807, 2.05) is 12.1 Å². The summed E-state index contributed by atoms with van der Waals surface area (Å²) in [4.78, 5) is 22.9. The van der Waals surface area contributed by atoms with E-state index in [9.17, 15) is 0 Å². The van der Waals surface area contributed by atoms with Gasteiger partial charge in [-0.2, -0.15) is 0 Å². The van der Waals surface area contributed by atoms with Gasteiger partial charge in [0.1, 0.15) is 17.6 Å². The Morgan fingerprint density at radius 1 is 0.786 bits per heavy atom. The third-order valence-corrected chi connectivity index (χ3v) is 7.46. The molecule has 0 aliphatic heterocycles. The Labute approximate surface area is 245 Å². The summed E-state index contributed by atoms with van der Waals surface area (Å²) in [6.45, 7) is 6.29. The van der Waals surface area contributed by atoms with Crippen molar-refractivity contribution in [2.75, 3.05) is 48.3 Å². The standard InChI is InChI=1S/C33H36N8O/c1-2-41(20-19-35-32-31-33(37-22-36-31)39-23-38-32)24-14-16-25(17-15-24)42-21-9-3-8-18-34-30-26-10-4-6-12-28(26)40-29-13-7-5-11-27(29)30/h4-7,10-17,22-23H,2-3,8-9,18-21H2,1H3,(H,34,40)(H2,35,36,37,38,39). The number of likely N-dealkylation sites (N-methyl/N-ethyl adjacent to an activating group) is 1. The summed E-state index contributed by atoms with van der Waals surface area (Å²) in [5, 5.41) is 9.43. The van der Waals surface area contributed by atoms with Gasteiger partial charge in [-0.3, -0.25) is 0 Å². The van der Waals surface area contributed by atoms with Crippen molar-refractivity contribution in [1.29, 1.82) is 0 Å². The van der Waals surface area contributed by atoms with Gasteiger partial charge in [0.15, 0.2) is 11.5 Å². The minimum absolute atomic E-state index is 0.666. The maximum absolute atomic E-state index is 6.04. The summed E-state index contributed by atoms with van der Waals surface area (Å²) < 4.78 is 6.04. The number of fused-ring (bicyclic) bond motifs is 3. The number of para-hydroxylation sites is 2. The van der Waals surface area contributed by atoms with E-state index in [1.54, 1.807) is 6.33 Å². The van der Waals surface area contributed by atoms with Crippen LogP contribution in [-0.4, -0.2) is 57.7 Å². The quantitative estimate of drug-likeness (QED) is 0.100. The highest BCUT2D eigenvalue weighted by atomic mass is 16.5. The number of hydrogen-bond acceptors (Lipinski definition) is 8. The number of aromatic nitrogens is 5. The van der Waals surface area contributed by atoms with E-state index in [0.717, 1.165) is 73.6 Å². The Balaban J connectivity index is 0.931. The molecule has 3 heterocycles. The van der Waals surface area contributed by atoms with Gasteiger partial charge < -0.3 is 25.3 Å². The normalized spacial score (nSPS) is 11.3. The number of pyridine rings is 1. The van der Waals surface area contributed by atoms with Crippen molar-refractivity contribution in [3.63, 3.8) is 0 Å². The Morgan fingerprint density at radius 3 is 2.31 bits per heavy atom. The minimum atomic E-state index is 0.666. The average Bonchev–Trinajstić information content (AvgIpc) is 3.52. The zero-order chi connectivity index (χ0) is 28.6. The molecule has 0 amide bonds. The van der Waals surface area contributed by atoms with Gasteiger partial charge in [-0.15, -0.1) is 0 Å². The summed E-state index contributed by atoms with van der Waals surface area (Å²) in [6.07, 6.45) is 6.36. The smallest absolute Gasteiger partial charge is 0.182 e. The monoisotopic (exact) mass is 560 g/mol. The highest BCUT2D eigenvalue weighted by Crippen LogP contribution is 2.30. The van der Waals surface area contributed by atoms with E-state index < -0.39 is 0 Å². The summed E-state index contributed by atoms with van der Waals surface area (Å²) >= 11 is 0. The number of hydrogen-bond donors (Lipinski definition) is 3. The largest absolute Gasteiger partial charge is 0.494 e. The molecule has 0 atom stereocenters. The lowest BCUT2D eigenvalue weighted by Crippen LogP contribution is -2.28. The van der Waals surface area contributed by atoms with Gasteiger partial charge in [-0.25, -0.2) is 19.9 Å². The molecule has 0 unspecified atom stereocenters. The number of ether oxygens (including phenoxy) is 1. The zero-order valence-corrected chi connectivity index (χ0v) is 23.9. The first-order valence-corrected chi connectivity index (χ1v) is 14.7. The molecule has 42 heavy (non-hydrogen) atoms. The minimum Gasteiger partial charge on any atom is -0.494 e. The van der Waals surface area contributed by atoms with Gasteiger partial charge in [0.05, 0.1) is 29.7 Å². The number of nitrogens with one attached hydrogen (secondary N) is 3. The van der Waals surface area contributed by atoms with Crippen LogP contribution in [0.4, 0.5) is 17.2 Å². The van der Waals surface area contributed by atoms with E-state index >= 15 is 0 Å². The van der Waals surface area contributed by atoms with Gasteiger partial charge in [0.25, 0.3) is 0 Å². The van der Waals surface area contributed by atoms with Gasteiger partial charge in [0, 0.05) is 42.6 Å². The predicted octanol–water partition coefficient (Wildman–Crippen LogP) is 6.65. The summed E-state index contributed by atoms with van der Waals surface area (Å²) in [5.41, 5.74) is 5.88. The number of H-pyrrole nitrogens is 1. The molecule has 0 aliphatic carbocycles. The van der Waals surface area contributed by atoms with Crippen molar-refractivity contribution in [3.8, 4) is 5.75 Å². The highest BCUT2D eigenvalue weighted by Gasteiger charge is 2.09. The molecule has 0 bridgehead atoms. The summed E-state index contributed by atoms with van der Waals surface area (Å²) in [5.74, 6) is 1.68. The predicted molar refractivity (Wildman–Crippen MR) is 172 cm³/mol. The van der Waals surface area contributed by atoms with Gasteiger partial charge >= 0.3 is 0 Å². The lowest BCUT2D eigenvalue weighted by molar-refractivity contribution is 0.306. The average molecular weight is 561 g/mol. The topological polar surface area (TPSA) is 104 Å². The Morgan fingerprint density at radius 2 is 1.55 bits per heavy atom. The van der Waals surface area contributed by atoms with Crippen LogP contribution < -0.4 is 20.3 Å². The first kappa shape index (κ1) is 27.3. The van der Waals surface area contributed by atoms with E-state index in [-0.39, 0.29) is 0 Å². The second-order valence-electron chi connectivity index (χ2n) is 10.2. The number of unbranched alkanes of at least 4 members (excludes halogenated alkanes) is 2. The second kappa shape index (κ2) is 13.2. The van der Waals surface area contributed by atoms with Crippen LogP contribution >= 0.6 is 0 Å². The summed E-state index contributed by atoms with van der Waals surface area (Å²) in [7, 11) is 0. The summed E-state index contributed by atoms with van der Waals surface area (Å²) in [6, 6.07) is 25.1. The van der Waals surface area contributed by atoms with Crippen LogP contribution in [0.5, 0.6) is 5.75 Å². The molecule has 0 saturated heterocycles. The van der Waals surface area contributed by atoms with Crippen LogP contribution in [0.3, 0.4) is 0 Å². The molecule has 6 aromatic rings. The molecule has 3 N–H and O–H groups in total. The molecule has 0 aliphatic rings. The maximum atomic E-state index is 6.04. The molecule has 3 aromatic heterocycles. The molecule has 6 rings (SSSR count). The van der Waals surface area contributed by atoms with Gasteiger partial charge in [-0.1, -0.05) is 36.4 Å². The van der Waals surface area contributed by atoms with Gasteiger partial charge in [-0.05, 0) is 62.6 Å². The van der Waals surface area contributed by atoms with Crippen LogP contribution in [-0.2, 0) is 0 Å². The van der Waals surface area contributed by atoms with Crippen molar-refractivity contribution in [1.82, 2.24) is 24.9 Å². The van der Waals surface area contributed by atoms with Crippen molar-refractivity contribution < 1.29 is 4.74 Å². The Bertz CT molecular complexity index is 1700. The lowest BCUT2D eigenvalue weighted by Gasteiger charge is -2.23. The molecule has 0 saturated carbocycles. The van der Waals surface area contributed by atoms with Crippen LogP contribution in [0.1, 0.15) is 26.2 Å². The third kappa shape index (κ3) is 6.20. The molecule has 3 aromatic carbocycles. The highest BCUT2D eigenvalue weighted by molar-refractivity contribution is 6.07. The van der Waals surface area contributed by atoms with E-state index in [4.69, 9.17) is 9.72 Å². The van der Waals surface area contributed by atoms with Crippen molar-refractivity contribution in [2.45, 2.75) is 26.2 Å². The fourth-order valence-corrected chi connectivity index (χ4v) is 5.27. The number of anilines is 3. The molecule has 9 nitrogen and oxygen atoms in total. The van der Waals surface area contributed by atoms with Crippen LogP contribution in [0.25, 0.3) is 33.0 Å². The fourth-order valence-electron chi connectivity index (χ4n) is 5.27. The van der Waals surface area contributed by atoms with Crippen molar-refractivity contribution >= 4 is 50.2 Å². The second-order valence-corrected chi connectivity index (χ2v) is 10.2. The fraction of sp³-hybridized carbons (Fsp3) is 0.273. The SMILES string of the molecule is CCN(CCNc1ncnc2nc[nH]c12)c1ccc(OCCCCCNc2c3ccccc3nc3ccccc23)cc1.